The molecule has 162 valence electrons. The number of ether oxygens (including phenoxy) is 2. The van der Waals surface area contributed by atoms with E-state index in [1.54, 1.807) is 24.3 Å². The van der Waals surface area contributed by atoms with E-state index in [0.717, 1.165) is 0 Å². The number of hydrogen-bond acceptors (Lipinski definition) is 4. The molecule has 3 aromatic carbocycles. The summed E-state index contributed by atoms with van der Waals surface area (Å²) in [5, 5.41) is 12.1. The second-order valence-corrected chi connectivity index (χ2v) is 7.41. The fraction of sp³-hybridized carbons (Fsp3) is 0.0833. The van der Waals surface area contributed by atoms with Gasteiger partial charge >= 0.3 is 0 Å². The van der Waals surface area contributed by atoms with Crippen molar-refractivity contribution in [1.82, 2.24) is 0 Å². The highest BCUT2D eigenvalue weighted by molar-refractivity contribution is 9.10. The Morgan fingerprint density at radius 3 is 2.53 bits per heavy atom. The Kier molecular flexibility index (Phi) is 7.58. The standard InChI is InChI=1S/C24H17BrF2N2O3/c1-31-22-11-15(9-17(13-28)16-3-2-4-19(27)12-16)10-21(25)24(22)32-14-23(30)29-20-7-5-18(26)6-8-20/h2-12H,14H2,1H3,(H,29,30)/b17-9-. The van der Waals surface area contributed by atoms with Gasteiger partial charge in [0.15, 0.2) is 18.1 Å². The normalized spacial score (nSPS) is 10.9. The smallest absolute Gasteiger partial charge is 0.262 e. The number of carbonyl (C=O) groups excluding carboxylic acids is 1. The fourth-order valence-corrected chi connectivity index (χ4v) is 3.41. The summed E-state index contributed by atoms with van der Waals surface area (Å²) in [6.07, 6.45) is 1.59. The van der Waals surface area contributed by atoms with Crippen LogP contribution in [0.5, 0.6) is 11.5 Å². The van der Waals surface area contributed by atoms with E-state index < -0.39 is 17.5 Å². The second kappa shape index (κ2) is 10.6. The average Bonchev–Trinajstić information content (AvgIpc) is 2.78. The molecular formula is C24H17BrF2N2O3. The molecule has 3 aromatic rings. The maximum atomic E-state index is 13.5. The lowest BCUT2D eigenvalue weighted by Gasteiger charge is -2.14. The quantitative estimate of drug-likeness (QED) is 0.329. The average molecular weight is 499 g/mol. The number of anilines is 1. The summed E-state index contributed by atoms with van der Waals surface area (Å²) in [6.45, 7) is -0.311. The van der Waals surface area contributed by atoms with E-state index in [1.165, 1.54) is 49.6 Å². The van der Waals surface area contributed by atoms with Gasteiger partial charge in [-0.15, -0.1) is 0 Å². The van der Waals surface area contributed by atoms with Gasteiger partial charge in [0.2, 0.25) is 0 Å². The number of nitriles is 1. The van der Waals surface area contributed by atoms with E-state index >= 15 is 0 Å². The molecule has 0 aliphatic carbocycles. The minimum atomic E-state index is -0.440. The summed E-state index contributed by atoms with van der Waals surface area (Å²) in [5.41, 5.74) is 1.76. The zero-order chi connectivity index (χ0) is 23.1. The number of carbonyl (C=O) groups is 1. The monoisotopic (exact) mass is 498 g/mol. The SMILES string of the molecule is COc1cc(/C=C(/C#N)c2cccc(F)c2)cc(Br)c1OCC(=O)Nc1ccc(F)cc1. The summed E-state index contributed by atoms with van der Waals surface area (Å²) in [6, 6.07) is 16.5. The Morgan fingerprint density at radius 1 is 1.12 bits per heavy atom. The fourth-order valence-electron chi connectivity index (χ4n) is 2.83. The molecule has 0 heterocycles. The molecule has 0 aliphatic heterocycles. The van der Waals surface area contributed by atoms with Crippen LogP contribution in [-0.2, 0) is 4.79 Å². The van der Waals surface area contributed by atoms with Crippen LogP contribution in [0.2, 0.25) is 0 Å². The Labute approximate surface area is 192 Å². The van der Waals surface area contributed by atoms with Gasteiger partial charge in [-0.25, -0.2) is 8.78 Å². The molecule has 0 aromatic heterocycles. The van der Waals surface area contributed by atoms with Crippen LogP contribution in [-0.4, -0.2) is 19.6 Å². The maximum absolute atomic E-state index is 13.5. The predicted octanol–water partition coefficient (Wildman–Crippen LogP) is 5.82. The number of nitrogens with zero attached hydrogens (tertiary/aromatic N) is 1. The molecule has 0 aliphatic rings. The number of amides is 1. The van der Waals surface area contributed by atoms with Gasteiger partial charge in [-0.05, 0) is 81.7 Å². The zero-order valence-corrected chi connectivity index (χ0v) is 18.4. The number of nitrogens with one attached hydrogen (secondary N) is 1. The molecule has 8 heteroatoms. The van der Waals surface area contributed by atoms with Gasteiger partial charge < -0.3 is 14.8 Å². The zero-order valence-electron chi connectivity index (χ0n) is 16.9. The summed E-state index contributed by atoms with van der Waals surface area (Å²) >= 11 is 3.39. The van der Waals surface area contributed by atoms with Gasteiger partial charge in [0.25, 0.3) is 5.91 Å². The topological polar surface area (TPSA) is 71.3 Å². The van der Waals surface area contributed by atoms with Crippen molar-refractivity contribution in [2.75, 3.05) is 19.0 Å². The first-order chi connectivity index (χ1) is 15.4. The van der Waals surface area contributed by atoms with Crippen molar-refractivity contribution in [1.29, 1.82) is 5.26 Å². The molecule has 0 saturated carbocycles. The number of methoxy groups -OCH3 is 1. The Hall–Kier alpha value is -3.70. The summed E-state index contributed by atoms with van der Waals surface area (Å²) in [4.78, 5) is 12.2. The molecule has 1 N–H and O–H groups in total. The number of rotatable bonds is 7. The van der Waals surface area contributed by atoms with E-state index in [1.807, 2.05) is 0 Å². The first-order valence-corrected chi connectivity index (χ1v) is 10.1. The first-order valence-electron chi connectivity index (χ1n) is 9.33. The lowest BCUT2D eigenvalue weighted by molar-refractivity contribution is -0.118. The van der Waals surface area contributed by atoms with Crippen molar-refractivity contribution < 1.29 is 23.0 Å². The second-order valence-electron chi connectivity index (χ2n) is 6.56. The van der Waals surface area contributed by atoms with Gasteiger partial charge in [-0.3, -0.25) is 4.79 Å². The van der Waals surface area contributed by atoms with Gasteiger partial charge in [0.05, 0.1) is 23.2 Å². The van der Waals surface area contributed by atoms with Crippen LogP contribution < -0.4 is 14.8 Å². The number of hydrogen-bond donors (Lipinski definition) is 1. The summed E-state index contributed by atoms with van der Waals surface area (Å²) in [7, 11) is 1.44. The summed E-state index contributed by atoms with van der Waals surface area (Å²) < 4.78 is 38.0. The molecule has 1 amide bonds. The van der Waals surface area contributed by atoms with Crippen LogP contribution in [0, 0.1) is 23.0 Å². The third kappa shape index (κ3) is 5.93. The maximum Gasteiger partial charge on any atom is 0.262 e. The molecule has 0 atom stereocenters. The van der Waals surface area contributed by atoms with Gasteiger partial charge in [-0.1, -0.05) is 12.1 Å². The van der Waals surface area contributed by atoms with Gasteiger partial charge in [0.1, 0.15) is 11.6 Å². The Bertz CT molecular complexity index is 1200. The molecule has 32 heavy (non-hydrogen) atoms. The molecular weight excluding hydrogens is 482 g/mol. The van der Waals surface area contributed by atoms with Crippen LogP contribution >= 0.6 is 15.9 Å². The largest absolute Gasteiger partial charge is 0.493 e. The van der Waals surface area contributed by atoms with Gasteiger partial charge in [0, 0.05) is 5.69 Å². The van der Waals surface area contributed by atoms with E-state index in [4.69, 9.17) is 9.47 Å². The molecule has 0 bridgehead atoms. The molecule has 0 spiro atoms. The Morgan fingerprint density at radius 2 is 1.88 bits per heavy atom. The molecule has 0 fully saturated rings. The van der Waals surface area contributed by atoms with E-state index in [9.17, 15) is 18.8 Å². The highest BCUT2D eigenvalue weighted by Crippen LogP contribution is 2.37. The van der Waals surface area contributed by atoms with E-state index in [-0.39, 0.29) is 12.2 Å². The van der Waals surface area contributed by atoms with Crippen molar-refractivity contribution >= 4 is 39.2 Å². The third-order valence-corrected chi connectivity index (χ3v) is 4.88. The molecule has 3 rings (SSSR count). The van der Waals surface area contributed by atoms with Gasteiger partial charge in [-0.2, -0.15) is 5.26 Å². The number of halogens is 3. The highest BCUT2D eigenvalue weighted by atomic mass is 79.9. The van der Waals surface area contributed by atoms with Crippen molar-refractivity contribution in [3.8, 4) is 17.6 Å². The van der Waals surface area contributed by atoms with Crippen LogP contribution in [0.15, 0.2) is 65.1 Å². The highest BCUT2D eigenvalue weighted by Gasteiger charge is 2.14. The lowest BCUT2D eigenvalue weighted by atomic mass is 10.0. The first kappa shape index (κ1) is 23.0. The van der Waals surface area contributed by atoms with Crippen LogP contribution in [0.4, 0.5) is 14.5 Å². The molecule has 0 saturated heterocycles. The molecule has 0 unspecified atom stereocenters. The van der Waals surface area contributed by atoms with Crippen molar-refractivity contribution in [2.24, 2.45) is 0 Å². The van der Waals surface area contributed by atoms with Crippen LogP contribution in [0.1, 0.15) is 11.1 Å². The minimum absolute atomic E-state index is 0.269. The molecule has 0 radical (unpaired) electrons. The lowest BCUT2D eigenvalue weighted by Crippen LogP contribution is -2.20. The van der Waals surface area contributed by atoms with Crippen LogP contribution in [0.25, 0.3) is 11.6 Å². The minimum Gasteiger partial charge on any atom is -0.493 e. The van der Waals surface area contributed by atoms with Crippen molar-refractivity contribution in [3.05, 3.63) is 87.9 Å². The van der Waals surface area contributed by atoms with Crippen LogP contribution in [0.3, 0.4) is 0 Å². The van der Waals surface area contributed by atoms with Crippen molar-refractivity contribution in [2.45, 2.75) is 0 Å². The Balaban J connectivity index is 1.78. The molecule has 5 nitrogen and oxygen atoms in total. The van der Waals surface area contributed by atoms with E-state index in [0.29, 0.717) is 32.8 Å². The summed E-state index contributed by atoms with van der Waals surface area (Å²) in [5.74, 6) is -0.656. The third-order valence-electron chi connectivity index (χ3n) is 4.29. The van der Waals surface area contributed by atoms with Crippen molar-refractivity contribution in [3.63, 3.8) is 0 Å². The van der Waals surface area contributed by atoms with E-state index in [2.05, 4.69) is 27.3 Å². The number of benzene rings is 3. The number of allylic oxidation sites excluding steroid dienone is 1. The predicted molar refractivity (Wildman–Crippen MR) is 121 cm³/mol.